The average Bonchev–Trinajstić information content (AvgIpc) is 3.25. The Kier molecular flexibility index (Phi) is 3.18. The van der Waals surface area contributed by atoms with Gasteiger partial charge in [0, 0.05) is 6.07 Å². The Labute approximate surface area is 129 Å². The van der Waals surface area contributed by atoms with Gasteiger partial charge in [-0.2, -0.15) is 0 Å². The third-order valence-corrected chi connectivity index (χ3v) is 6.61. The molecule has 120 valence electrons. The molecule has 3 heterocycles. The van der Waals surface area contributed by atoms with E-state index in [-0.39, 0.29) is 17.5 Å². The summed E-state index contributed by atoms with van der Waals surface area (Å²) < 4.78 is 32.4. The zero-order valence-corrected chi connectivity index (χ0v) is 13.1. The van der Waals surface area contributed by atoms with Crippen molar-refractivity contribution >= 4 is 15.8 Å². The summed E-state index contributed by atoms with van der Waals surface area (Å²) in [5.41, 5.74) is 6.69. The van der Waals surface area contributed by atoms with Crippen LogP contribution in [0.5, 0.6) is 0 Å². The number of rotatable bonds is 4. The van der Waals surface area contributed by atoms with Crippen molar-refractivity contribution in [2.45, 2.75) is 61.5 Å². The number of fused-ring (bicyclic) bond motifs is 2. The van der Waals surface area contributed by atoms with Gasteiger partial charge in [0.1, 0.15) is 12.1 Å². The molecule has 0 aromatic carbocycles. The first kappa shape index (κ1) is 14.3. The van der Waals surface area contributed by atoms with Gasteiger partial charge < -0.3 is 10.5 Å². The molecule has 2 unspecified atom stereocenters. The standard InChI is InChI=1S/C14H20N4O3S/c15-14(6-9-1-2-10(7-14)21-9)12-5-13(17-8-16-12)18-22(19,20)11-3-4-11/h5,8-11H,1-4,6-7,15H2,(H,16,17,18). The van der Waals surface area contributed by atoms with Gasteiger partial charge in [-0.05, 0) is 38.5 Å². The number of nitrogens with one attached hydrogen (secondary N) is 1. The fraction of sp³-hybridized carbons (Fsp3) is 0.714. The first-order valence-corrected chi connectivity index (χ1v) is 9.28. The molecule has 8 heteroatoms. The first-order valence-electron chi connectivity index (χ1n) is 7.73. The van der Waals surface area contributed by atoms with E-state index < -0.39 is 15.6 Å². The molecule has 3 N–H and O–H groups in total. The number of nitrogens with two attached hydrogens (primary N) is 1. The fourth-order valence-electron chi connectivity index (χ4n) is 3.48. The quantitative estimate of drug-likeness (QED) is 0.851. The van der Waals surface area contributed by atoms with E-state index in [9.17, 15) is 8.42 Å². The van der Waals surface area contributed by atoms with Crippen LogP contribution in [0.25, 0.3) is 0 Å². The van der Waals surface area contributed by atoms with E-state index in [1.807, 2.05) is 0 Å². The largest absolute Gasteiger partial charge is 0.375 e. The number of aromatic nitrogens is 2. The van der Waals surface area contributed by atoms with E-state index in [1.165, 1.54) is 6.33 Å². The van der Waals surface area contributed by atoms with Gasteiger partial charge in [-0.15, -0.1) is 0 Å². The number of anilines is 1. The Bertz CT molecular complexity index is 677. The Hall–Kier alpha value is -1.25. The molecule has 2 aliphatic heterocycles. The normalized spacial score (nSPS) is 34.6. The molecule has 0 radical (unpaired) electrons. The van der Waals surface area contributed by atoms with Crippen LogP contribution in [0.1, 0.15) is 44.2 Å². The number of nitrogens with zero attached hydrogens (tertiary/aromatic N) is 2. The van der Waals surface area contributed by atoms with E-state index in [2.05, 4.69) is 14.7 Å². The van der Waals surface area contributed by atoms with Crippen LogP contribution in [0.15, 0.2) is 12.4 Å². The van der Waals surface area contributed by atoms with Gasteiger partial charge in [-0.1, -0.05) is 0 Å². The molecule has 1 saturated carbocycles. The molecule has 4 rings (SSSR count). The molecular weight excluding hydrogens is 304 g/mol. The molecule has 2 atom stereocenters. The second kappa shape index (κ2) is 4.87. The number of sulfonamides is 1. The van der Waals surface area contributed by atoms with Gasteiger partial charge in [0.25, 0.3) is 0 Å². The average molecular weight is 324 g/mol. The molecule has 7 nitrogen and oxygen atoms in total. The highest BCUT2D eigenvalue weighted by Crippen LogP contribution is 2.42. The smallest absolute Gasteiger partial charge is 0.236 e. The third kappa shape index (κ3) is 2.59. The van der Waals surface area contributed by atoms with Gasteiger partial charge in [-0.25, -0.2) is 18.4 Å². The van der Waals surface area contributed by atoms with Crippen LogP contribution >= 0.6 is 0 Å². The molecule has 2 bridgehead atoms. The molecule has 0 spiro atoms. The van der Waals surface area contributed by atoms with Crippen LogP contribution in [0.4, 0.5) is 5.82 Å². The summed E-state index contributed by atoms with van der Waals surface area (Å²) in [7, 11) is -3.32. The molecule has 3 fully saturated rings. The number of hydrogen-bond donors (Lipinski definition) is 2. The monoisotopic (exact) mass is 324 g/mol. The Morgan fingerprint density at radius 1 is 1.18 bits per heavy atom. The van der Waals surface area contributed by atoms with Gasteiger partial charge in [0.05, 0.1) is 28.7 Å². The maximum atomic E-state index is 12.0. The van der Waals surface area contributed by atoms with E-state index in [0.29, 0.717) is 11.5 Å². The van der Waals surface area contributed by atoms with Crippen LogP contribution in [-0.4, -0.2) is 35.8 Å². The van der Waals surface area contributed by atoms with Gasteiger partial charge in [-0.3, -0.25) is 4.72 Å². The summed E-state index contributed by atoms with van der Waals surface area (Å²) in [6, 6.07) is 1.67. The van der Waals surface area contributed by atoms with Crippen LogP contribution < -0.4 is 10.5 Å². The molecule has 3 aliphatic rings. The van der Waals surface area contributed by atoms with Crippen molar-refractivity contribution in [3.05, 3.63) is 18.1 Å². The Balaban J connectivity index is 1.59. The van der Waals surface area contributed by atoms with Crippen molar-refractivity contribution in [2.24, 2.45) is 5.73 Å². The molecule has 2 saturated heterocycles. The SMILES string of the molecule is NC1(c2cc(NS(=O)(=O)C3CC3)ncn2)CC2CCC(C1)O2. The molecule has 22 heavy (non-hydrogen) atoms. The lowest BCUT2D eigenvalue weighted by atomic mass is 9.84. The molecule has 0 amide bonds. The minimum atomic E-state index is -3.32. The van der Waals surface area contributed by atoms with Gasteiger partial charge in [0.15, 0.2) is 0 Å². The van der Waals surface area contributed by atoms with Crippen molar-refractivity contribution in [1.29, 1.82) is 0 Å². The highest BCUT2D eigenvalue weighted by atomic mass is 32.2. The van der Waals surface area contributed by atoms with Gasteiger partial charge >= 0.3 is 0 Å². The van der Waals surface area contributed by atoms with Crippen molar-refractivity contribution in [3.8, 4) is 0 Å². The molecule has 1 aromatic rings. The van der Waals surface area contributed by atoms with E-state index in [0.717, 1.165) is 38.5 Å². The summed E-state index contributed by atoms with van der Waals surface area (Å²) in [5.74, 6) is 0.306. The lowest BCUT2D eigenvalue weighted by Gasteiger charge is -2.37. The third-order valence-electron chi connectivity index (χ3n) is 4.77. The minimum absolute atomic E-state index is 0.185. The zero-order chi connectivity index (χ0) is 15.4. The topological polar surface area (TPSA) is 107 Å². The van der Waals surface area contributed by atoms with Crippen LogP contribution in [0.3, 0.4) is 0 Å². The van der Waals surface area contributed by atoms with Crippen LogP contribution in [0.2, 0.25) is 0 Å². The van der Waals surface area contributed by atoms with Gasteiger partial charge in [0.2, 0.25) is 10.0 Å². The molecule has 1 aromatic heterocycles. The molecule has 1 aliphatic carbocycles. The van der Waals surface area contributed by atoms with E-state index >= 15 is 0 Å². The Morgan fingerprint density at radius 2 is 1.86 bits per heavy atom. The minimum Gasteiger partial charge on any atom is -0.375 e. The Morgan fingerprint density at radius 3 is 2.50 bits per heavy atom. The number of hydrogen-bond acceptors (Lipinski definition) is 6. The van der Waals surface area contributed by atoms with Crippen LogP contribution in [0, 0.1) is 0 Å². The highest BCUT2D eigenvalue weighted by molar-refractivity contribution is 7.93. The summed E-state index contributed by atoms with van der Waals surface area (Å²) in [5, 5.41) is -0.281. The lowest BCUT2D eigenvalue weighted by Crippen LogP contribution is -2.46. The second-order valence-electron chi connectivity index (χ2n) is 6.66. The lowest BCUT2D eigenvalue weighted by molar-refractivity contribution is -0.0311. The van der Waals surface area contributed by atoms with E-state index in [1.54, 1.807) is 6.07 Å². The zero-order valence-electron chi connectivity index (χ0n) is 12.2. The van der Waals surface area contributed by atoms with E-state index in [4.69, 9.17) is 10.5 Å². The summed E-state index contributed by atoms with van der Waals surface area (Å²) in [6.45, 7) is 0. The second-order valence-corrected chi connectivity index (χ2v) is 8.62. The summed E-state index contributed by atoms with van der Waals surface area (Å²) in [4.78, 5) is 8.32. The maximum absolute atomic E-state index is 12.0. The summed E-state index contributed by atoms with van der Waals surface area (Å²) in [6.07, 6.45) is 6.70. The highest BCUT2D eigenvalue weighted by Gasteiger charge is 2.44. The molecular formula is C14H20N4O3S. The van der Waals surface area contributed by atoms with Crippen LogP contribution in [-0.2, 0) is 20.3 Å². The van der Waals surface area contributed by atoms with Crippen molar-refractivity contribution in [2.75, 3.05) is 4.72 Å². The number of ether oxygens (including phenoxy) is 1. The predicted molar refractivity (Wildman–Crippen MR) is 80.6 cm³/mol. The van der Waals surface area contributed by atoms with Crippen molar-refractivity contribution in [3.63, 3.8) is 0 Å². The summed E-state index contributed by atoms with van der Waals surface area (Å²) >= 11 is 0. The predicted octanol–water partition coefficient (Wildman–Crippen LogP) is 0.876. The fourth-order valence-corrected chi connectivity index (χ4v) is 4.80. The first-order chi connectivity index (χ1) is 10.4. The van der Waals surface area contributed by atoms with Crippen molar-refractivity contribution in [1.82, 2.24) is 9.97 Å². The van der Waals surface area contributed by atoms with Crippen molar-refractivity contribution < 1.29 is 13.2 Å². The maximum Gasteiger partial charge on any atom is 0.236 e.